The lowest BCUT2D eigenvalue weighted by Gasteiger charge is -2.25. The molecular weight excluding hydrogens is 623 g/mol. The van der Waals surface area contributed by atoms with Crippen LogP contribution in [0.1, 0.15) is 142 Å². The van der Waals surface area contributed by atoms with E-state index in [1.54, 1.807) is 6.08 Å². The summed E-state index contributed by atoms with van der Waals surface area (Å²) >= 11 is 0. The van der Waals surface area contributed by atoms with Gasteiger partial charge in [-0.1, -0.05) is 120 Å². The van der Waals surface area contributed by atoms with Gasteiger partial charge >= 0.3 is 7.82 Å². The van der Waals surface area contributed by atoms with Crippen LogP contribution in [0, 0.1) is 0 Å². The van der Waals surface area contributed by atoms with E-state index in [0.717, 1.165) is 38.5 Å². The largest absolute Gasteiger partial charge is 0.472 e. The van der Waals surface area contributed by atoms with E-state index in [1.807, 2.05) is 27.2 Å². The first-order valence-electron chi connectivity index (χ1n) is 19.0. The van der Waals surface area contributed by atoms with E-state index < -0.39 is 20.0 Å². The maximum Gasteiger partial charge on any atom is 0.472 e. The fraction of sp³-hybridized carbons (Fsp3) is 0.769. The van der Waals surface area contributed by atoms with Crippen molar-refractivity contribution < 1.29 is 32.9 Å². The predicted octanol–water partition coefficient (Wildman–Crippen LogP) is 9.74. The standard InChI is InChI=1S/C39H73N2O6P/c1-6-8-10-12-14-16-17-18-19-20-21-22-23-25-26-28-30-32-38(42)37(36-47-48(44,45)46-35-34-41(3,4)5)40-39(43)33-31-29-27-24-15-13-11-9-7-2/h19-20,23-25,27,30,32,37-38,42H,6-18,21-22,26,28-29,31,33-36H2,1-5H3,(H-,40,43,44,45)/p+1/b20-19+,25-23+,27-24-,32-30+. The zero-order chi connectivity index (χ0) is 35.8. The molecular formula is C39H74N2O6P+. The quantitative estimate of drug-likeness (QED) is 0.0273. The lowest BCUT2D eigenvalue weighted by Crippen LogP contribution is -2.45. The van der Waals surface area contributed by atoms with Crippen molar-refractivity contribution in [1.29, 1.82) is 0 Å². The number of allylic oxidation sites excluding steroid dienone is 7. The highest BCUT2D eigenvalue weighted by molar-refractivity contribution is 7.47. The Morgan fingerprint density at radius 3 is 1.69 bits per heavy atom. The van der Waals surface area contributed by atoms with Crippen LogP contribution in [0.15, 0.2) is 48.6 Å². The molecule has 9 heteroatoms. The Morgan fingerprint density at radius 1 is 0.688 bits per heavy atom. The van der Waals surface area contributed by atoms with Gasteiger partial charge < -0.3 is 19.8 Å². The number of amides is 1. The number of aliphatic hydroxyl groups is 1. The molecule has 3 unspecified atom stereocenters. The van der Waals surface area contributed by atoms with Crippen LogP contribution in [0.2, 0.25) is 0 Å². The Hall–Kier alpha value is -1.54. The third kappa shape index (κ3) is 33.0. The number of carbonyl (C=O) groups excluding carboxylic acids is 1. The number of nitrogens with one attached hydrogen (secondary N) is 1. The minimum absolute atomic E-state index is 0.0476. The number of hydrogen-bond acceptors (Lipinski definition) is 5. The minimum Gasteiger partial charge on any atom is -0.387 e. The minimum atomic E-state index is -4.34. The molecule has 8 nitrogen and oxygen atoms in total. The Kier molecular flexibility index (Phi) is 30.4. The van der Waals surface area contributed by atoms with Crippen LogP contribution in [0.5, 0.6) is 0 Å². The first-order chi connectivity index (χ1) is 23.0. The highest BCUT2D eigenvalue weighted by atomic mass is 31.2. The van der Waals surface area contributed by atoms with E-state index in [0.29, 0.717) is 23.9 Å². The third-order valence-corrected chi connectivity index (χ3v) is 8.98. The highest BCUT2D eigenvalue weighted by Gasteiger charge is 2.27. The van der Waals surface area contributed by atoms with Gasteiger partial charge in [-0.3, -0.25) is 13.8 Å². The summed E-state index contributed by atoms with van der Waals surface area (Å²) in [6.07, 6.45) is 37.7. The van der Waals surface area contributed by atoms with Crippen molar-refractivity contribution in [1.82, 2.24) is 5.32 Å². The number of phosphoric acid groups is 1. The molecule has 0 fully saturated rings. The van der Waals surface area contributed by atoms with Gasteiger partial charge in [-0.2, -0.15) is 0 Å². The molecule has 0 saturated carbocycles. The molecule has 0 aromatic heterocycles. The van der Waals surface area contributed by atoms with Crippen molar-refractivity contribution in [2.75, 3.05) is 40.9 Å². The molecule has 0 aliphatic heterocycles. The molecule has 0 saturated heterocycles. The number of likely N-dealkylation sites (N-methyl/N-ethyl adjacent to an activating group) is 1. The Balaban J connectivity index is 4.64. The average molecular weight is 698 g/mol. The summed E-state index contributed by atoms with van der Waals surface area (Å²) in [7, 11) is 1.52. The number of hydrogen-bond donors (Lipinski definition) is 3. The SMILES string of the molecule is CCCCCC/C=C\CCCC(=O)NC(COP(=O)(O)OCC[N+](C)(C)C)C(O)/C=C/CC/C=C/CC/C=C/CCCCCCCCC. The molecule has 0 heterocycles. The Labute approximate surface area is 295 Å². The summed E-state index contributed by atoms with van der Waals surface area (Å²) in [4.78, 5) is 22.9. The number of aliphatic hydroxyl groups excluding tert-OH is 1. The van der Waals surface area contributed by atoms with Crippen LogP contribution < -0.4 is 5.32 Å². The lowest BCUT2D eigenvalue weighted by atomic mass is 10.1. The van der Waals surface area contributed by atoms with Crippen molar-refractivity contribution >= 4 is 13.7 Å². The number of phosphoric ester groups is 1. The maximum atomic E-state index is 12.7. The van der Waals surface area contributed by atoms with Crippen molar-refractivity contribution in [2.45, 2.75) is 154 Å². The van der Waals surface area contributed by atoms with Crippen molar-refractivity contribution in [3.8, 4) is 0 Å². The van der Waals surface area contributed by atoms with Gasteiger partial charge in [0.1, 0.15) is 13.2 Å². The third-order valence-electron chi connectivity index (χ3n) is 8.00. The molecule has 0 bridgehead atoms. The Bertz CT molecular complexity index is 928. The number of carbonyl (C=O) groups is 1. The van der Waals surface area contributed by atoms with E-state index in [4.69, 9.17) is 9.05 Å². The average Bonchev–Trinajstić information content (AvgIpc) is 3.02. The van der Waals surface area contributed by atoms with E-state index in [1.165, 1.54) is 77.0 Å². The first-order valence-corrected chi connectivity index (χ1v) is 20.5. The van der Waals surface area contributed by atoms with Gasteiger partial charge in [-0.15, -0.1) is 0 Å². The highest BCUT2D eigenvalue weighted by Crippen LogP contribution is 2.43. The number of unbranched alkanes of at least 4 members (excludes halogenated alkanes) is 14. The monoisotopic (exact) mass is 698 g/mol. The Morgan fingerprint density at radius 2 is 1.15 bits per heavy atom. The van der Waals surface area contributed by atoms with Crippen molar-refractivity contribution in [3.05, 3.63) is 48.6 Å². The molecule has 0 spiro atoms. The summed E-state index contributed by atoms with van der Waals surface area (Å²) in [5.74, 6) is -0.231. The number of rotatable bonds is 33. The van der Waals surface area contributed by atoms with Gasteiger partial charge in [0.25, 0.3) is 0 Å². The first kappa shape index (κ1) is 46.5. The molecule has 0 aromatic carbocycles. The second-order valence-corrected chi connectivity index (χ2v) is 15.4. The van der Waals surface area contributed by atoms with Gasteiger partial charge in [0, 0.05) is 6.42 Å². The van der Waals surface area contributed by atoms with Crippen molar-refractivity contribution in [2.24, 2.45) is 0 Å². The van der Waals surface area contributed by atoms with Crippen molar-refractivity contribution in [3.63, 3.8) is 0 Å². The lowest BCUT2D eigenvalue weighted by molar-refractivity contribution is -0.870. The van der Waals surface area contributed by atoms with Gasteiger partial charge in [0.2, 0.25) is 5.91 Å². The molecule has 0 radical (unpaired) electrons. The van der Waals surface area contributed by atoms with Crippen LogP contribution in [0.25, 0.3) is 0 Å². The summed E-state index contributed by atoms with van der Waals surface area (Å²) in [5.41, 5.74) is 0. The number of nitrogens with zero attached hydrogens (tertiary/aromatic N) is 1. The van der Waals surface area contributed by atoms with Crippen LogP contribution in [-0.2, 0) is 18.4 Å². The van der Waals surface area contributed by atoms with Gasteiger partial charge in [-0.05, 0) is 64.2 Å². The van der Waals surface area contributed by atoms with E-state index in [-0.39, 0.29) is 19.1 Å². The van der Waals surface area contributed by atoms with Crippen LogP contribution in [-0.4, -0.2) is 73.4 Å². The second-order valence-electron chi connectivity index (χ2n) is 13.9. The van der Waals surface area contributed by atoms with Crippen LogP contribution in [0.3, 0.4) is 0 Å². The summed E-state index contributed by atoms with van der Waals surface area (Å²) in [6.45, 7) is 4.68. The molecule has 3 N–H and O–H groups in total. The fourth-order valence-electron chi connectivity index (χ4n) is 4.90. The van der Waals surface area contributed by atoms with Gasteiger partial charge in [0.05, 0.1) is 39.9 Å². The zero-order valence-electron chi connectivity index (χ0n) is 31.5. The maximum absolute atomic E-state index is 12.7. The predicted molar refractivity (Wildman–Crippen MR) is 203 cm³/mol. The summed E-state index contributed by atoms with van der Waals surface area (Å²) in [6, 6.07) is -0.881. The van der Waals surface area contributed by atoms with E-state index >= 15 is 0 Å². The normalized spacial score (nSPS) is 15.2. The molecule has 0 aliphatic carbocycles. The molecule has 280 valence electrons. The zero-order valence-corrected chi connectivity index (χ0v) is 32.4. The summed E-state index contributed by atoms with van der Waals surface area (Å²) in [5, 5.41) is 13.7. The summed E-state index contributed by atoms with van der Waals surface area (Å²) < 4.78 is 23.4. The fourth-order valence-corrected chi connectivity index (χ4v) is 5.63. The van der Waals surface area contributed by atoms with E-state index in [2.05, 4.69) is 55.6 Å². The molecule has 48 heavy (non-hydrogen) atoms. The van der Waals surface area contributed by atoms with Gasteiger partial charge in [-0.25, -0.2) is 4.57 Å². The smallest absolute Gasteiger partial charge is 0.387 e. The second kappa shape index (κ2) is 31.4. The molecule has 0 aromatic rings. The van der Waals surface area contributed by atoms with Gasteiger partial charge in [0.15, 0.2) is 0 Å². The molecule has 1 amide bonds. The number of quaternary nitrogens is 1. The molecule has 0 rings (SSSR count). The van der Waals surface area contributed by atoms with E-state index in [9.17, 15) is 19.4 Å². The molecule has 0 aliphatic rings. The van der Waals surface area contributed by atoms with Crippen LogP contribution >= 0.6 is 7.82 Å². The van der Waals surface area contributed by atoms with Crippen LogP contribution in [0.4, 0.5) is 0 Å². The topological polar surface area (TPSA) is 105 Å². The molecule has 3 atom stereocenters.